The fourth-order valence-corrected chi connectivity index (χ4v) is 1.69. The Morgan fingerprint density at radius 1 is 0.947 bits per heavy atom. The topological polar surface area (TPSA) is 17.1 Å². The normalized spacial score (nSPS) is 11.1. The minimum absolute atomic E-state index is 0.121. The number of Topliss-reactive ketones (excluding diaryl/α,β-unsaturated/α-hetero) is 1. The maximum atomic E-state index is 10.6. The number of benzene rings is 2. The largest absolute Gasteiger partial charge is 0.295 e. The van der Waals surface area contributed by atoms with Crippen molar-refractivity contribution in [3.05, 3.63) is 71.8 Å². The van der Waals surface area contributed by atoms with Crippen LogP contribution in [0, 0.1) is 0 Å². The van der Waals surface area contributed by atoms with E-state index in [9.17, 15) is 4.79 Å². The zero-order valence-electron chi connectivity index (χ0n) is 12.0. The van der Waals surface area contributed by atoms with Crippen LogP contribution < -0.4 is 0 Å². The number of rotatable bonds is 3. The predicted molar refractivity (Wildman–Crippen MR) is 81.6 cm³/mol. The van der Waals surface area contributed by atoms with E-state index in [1.54, 1.807) is 6.92 Å². The summed E-state index contributed by atoms with van der Waals surface area (Å²) in [5.41, 5.74) is 2.22. The summed E-state index contributed by atoms with van der Waals surface area (Å²) >= 11 is 0. The molecule has 19 heavy (non-hydrogen) atoms. The summed E-state index contributed by atoms with van der Waals surface area (Å²) in [6.45, 7) is 6.04. The molecule has 0 aromatic heterocycles. The Balaban J connectivity index is 0.000000191. The van der Waals surface area contributed by atoms with Crippen molar-refractivity contribution >= 4 is 5.78 Å². The van der Waals surface area contributed by atoms with Crippen LogP contribution in [-0.4, -0.2) is 5.78 Å². The maximum absolute atomic E-state index is 10.6. The van der Waals surface area contributed by atoms with Gasteiger partial charge >= 0.3 is 0 Å². The molecule has 2 aromatic rings. The molecule has 0 saturated heterocycles. The Hall–Kier alpha value is -1.89. The molecule has 0 heterocycles. The molecule has 0 radical (unpaired) electrons. The Labute approximate surface area is 116 Å². The summed E-state index contributed by atoms with van der Waals surface area (Å²) in [4.78, 5) is 10.6. The molecule has 1 nitrogen and oxygen atoms in total. The highest BCUT2D eigenvalue weighted by Gasteiger charge is 1.98. The second-order valence-corrected chi connectivity index (χ2v) is 4.64. The van der Waals surface area contributed by atoms with Gasteiger partial charge < -0.3 is 0 Å². The van der Waals surface area contributed by atoms with Gasteiger partial charge in [-0.05, 0) is 24.8 Å². The van der Waals surface area contributed by atoms with Crippen molar-refractivity contribution < 1.29 is 4.79 Å². The van der Waals surface area contributed by atoms with Gasteiger partial charge in [-0.15, -0.1) is 0 Å². The second kappa shape index (κ2) is 8.25. The SMILES string of the molecule is CC(=O)c1ccccc1.CCC(C)c1ccccc1. The second-order valence-electron chi connectivity index (χ2n) is 4.64. The summed E-state index contributed by atoms with van der Waals surface area (Å²) in [6, 6.07) is 19.9. The Bertz CT molecular complexity index is 474. The van der Waals surface area contributed by atoms with Crippen LogP contribution in [0.2, 0.25) is 0 Å². The molecule has 0 aliphatic carbocycles. The van der Waals surface area contributed by atoms with Crippen LogP contribution in [-0.2, 0) is 0 Å². The molecule has 2 rings (SSSR count). The molecule has 0 aliphatic rings. The van der Waals surface area contributed by atoms with Crippen molar-refractivity contribution in [2.75, 3.05) is 0 Å². The van der Waals surface area contributed by atoms with Crippen LogP contribution in [0.4, 0.5) is 0 Å². The van der Waals surface area contributed by atoms with Crippen molar-refractivity contribution in [2.24, 2.45) is 0 Å². The molecule has 0 aliphatic heterocycles. The van der Waals surface area contributed by atoms with Gasteiger partial charge in [-0.3, -0.25) is 4.79 Å². The van der Waals surface area contributed by atoms with E-state index in [0.717, 1.165) is 5.56 Å². The fourth-order valence-electron chi connectivity index (χ4n) is 1.69. The lowest BCUT2D eigenvalue weighted by atomic mass is 9.99. The lowest BCUT2D eigenvalue weighted by Crippen LogP contribution is -1.88. The fraction of sp³-hybridized carbons (Fsp3) is 0.278. The molecule has 1 heteroatoms. The van der Waals surface area contributed by atoms with Crippen LogP contribution >= 0.6 is 0 Å². The molecule has 0 N–H and O–H groups in total. The van der Waals surface area contributed by atoms with Crippen molar-refractivity contribution in [3.8, 4) is 0 Å². The van der Waals surface area contributed by atoms with Crippen molar-refractivity contribution in [1.29, 1.82) is 0 Å². The van der Waals surface area contributed by atoms with Crippen molar-refractivity contribution in [1.82, 2.24) is 0 Å². The predicted octanol–water partition coefficient (Wildman–Crippen LogP) is 5.09. The van der Waals surface area contributed by atoms with Gasteiger partial charge in [0.05, 0.1) is 0 Å². The molecule has 2 aromatic carbocycles. The van der Waals surface area contributed by atoms with Crippen LogP contribution in [0.3, 0.4) is 0 Å². The van der Waals surface area contributed by atoms with Gasteiger partial charge in [0.25, 0.3) is 0 Å². The van der Waals surface area contributed by atoms with E-state index in [4.69, 9.17) is 0 Å². The highest BCUT2D eigenvalue weighted by Crippen LogP contribution is 2.16. The molecule has 0 saturated carbocycles. The first-order chi connectivity index (χ1) is 9.15. The number of hydrogen-bond acceptors (Lipinski definition) is 1. The van der Waals surface area contributed by atoms with Gasteiger partial charge in [0.2, 0.25) is 0 Å². The van der Waals surface area contributed by atoms with Gasteiger partial charge in [0.1, 0.15) is 0 Å². The first-order valence-electron chi connectivity index (χ1n) is 6.76. The van der Waals surface area contributed by atoms with Gasteiger partial charge in [-0.25, -0.2) is 0 Å². The molecule has 0 fully saturated rings. The summed E-state index contributed by atoms with van der Waals surface area (Å²) < 4.78 is 0. The molecular formula is C18H22O. The van der Waals surface area contributed by atoms with E-state index in [0.29, 0.717) is 5.92 Å². The molecule has 0 bridgehead atoms. The van der Waals surface area contributed by atoms with Crippen molar-refractivity contribution in [3.63, 3.8) is 0 Å². The molecule has 1 atom stereocenters. The smallest absolute Gasteiger partial charge is 0.159 e. The van der Waals surface area contributed by atoms with E-state index in [-0.39, 0.29) is 5.78 Å². The number of carbonyl (C=O) groups is 1. The van der Waals surface area contributed by atoms with Crippen molar-refractivity contribution in [2.45, 2.75) is 33.1 Å². The third-order valence-corrected chi connectivity index (χ3v) is 3.16. The summed E-state index contributed by atoms with van der Waals surface area (Å²) in [6.07, 6.45) is 1.23. The minimum Gasteiger partial charge on any atom is -0.295 e. The molecule has 0 amide bonds. The molecular weight excluding hydrogens is 232 g/mol. The van der Waals surface area contributed by atoms with Gasteiger partial charge in [-0.1, -0.05) is 74.5 Å². The van der Waals surface area contributed by atoms with E-state index in [2.05, 4.69) is 44.2 Å². The maximum Gasteiger partial charge on any atom is 0.159 e. The summed E-state index contributed by atoms with van der Waals surface area (Å²) in [5.74, 6) is 0.830. The van der Waals surface area contributed by atoms with Crippen LogP contribution in [0.25, 0.3) is 0 Å². The quantitative estimate of drug-likeness (QED) is 0.697. The highest BCUT2D eigenvalue weighted by atomic mass is 16.1. The Morgan fingerprint density at radius 2 is 1.42 bits per heavy atom. The molecule has 0 spiro atoms. The van der Waals surface area contributed by atoms with Gasteiger partial charge in [-0.2, -0.15) is 0 Å². The van der Waals surface area contributed by atoms with E-state index in [1.165, 1.54) is 12.0 Å². The zero-order chi connectivity index (χ0) is 14.1. The first kappa shape index (κ1) is 15.2. The third-order valence-electron chi connectivity index (χ3n) is 3.16. The third kappa shape index (κ3) is 5.52. The van der Waals surface area contributed by atoms with Crippen LogP contribution in [0.5, 0.6) is 0 Å². The lowest BCUT2D eigenvalue weighted by Gasteiger charge is -2.06. The van der Waals surface area contributed by atoms with Crippen LogP contribution in [0.1, 0.15) is 49.0 Å². The van der Waals surface area contributed by atoms with Crippen LogP contribution in [0.15, 0.2) is 60.7 Å². The van der Waals surface area contributed by atoms with E-state index >= 15 is 0 Å². The zero-order valence-corrected chi connectivity index (χ0v) is 12.0. The van der Waals surface area contributed by atoms with E-state index in [1.807, 2.05) is 30.3 Å². The lowest BCUT2D eigenvalue weighted by molar-refractivity contribution is 0.101. The highest BCUT2D eigenvalue weighted by molar-refractivity contribution is 5.93. The molecule has 100 valence electrons. The Morgan fingerprint density at radius 3 is 1.79 bits per heavy atom. The monoisotopic (exact) mass is 254 g/mol. The summed E-state index contributed by atoms with van der Waals surface area (Å²) in [5, 5.41) is 0. The number of carbonyl (C=O) groups excluding carboxylic acids is 1. The average molecular weight is 254 g/mol. The number of hydrogen-bond donors (Lipinski definition) is 0. The van der Waals surface area contributed by atoms with Gasteiger partial charge in [0.15, 0.2) is 5.78 Å². The number of ketones is 1. The average Bonchev–Trinajstić information content (AvgIpc) is 2.49. The minimum atomic E-state index is 0.121. The first-order valence-corrected chi connectivity index (χ1v) is 6.76. The standard InChI is InChI=1S/C10H14.C8H8O/c1-3-9(2)10-7-5-4-6-8-10;1-7(9)8-5-3-2-4-6-8/h4-9H,3H2,1-2H3;2-6H,1H3. The van der Waals surface area contributed by atoms with E-state index < -0.39 is 0 Å². The van der Waals surface area contributed by atoms with Gasteiger partial charge in [0, 0.05) is 5.56 Å². The summed E-state index contributed by atoms with van der Waals surface area (Å²) in [7, 11) is 0. The Kier molecular flexibility index (Phi) is 6.59. The molecule has 1 unspecified atom stereocenters.